The molecule has 7 nitrogen and oxygen atoms in total. The van der Waals surface area contributed by atoms with E-state index in [0.29, 0.717) is 11.4 Å². The molecule has 3 rings (SSSR count). The third kappa shape index (κ3) is 2.38. The van der Waals surface area contributed by atoms with E-state index >= 15 is 0 Å². The standard InChI is InChI=1S/C13H14N4O3S/c1-7-13(8(2)20-16-7)21(18,19)17-10-4-5-11-12(6-10)15-9(3)14-11/h4-6,17H,1-3H3,(H,14,15). The number of hydrogen-bond acceptors (Lipinski definition) is 5. The van der Waals surface area contributed by atoms with Crippen molar-refractivity contribution in [2.24, 2.45) is 0 Å². The van der Waals surface area contributed by atoms with E-state index in [1.807, 2.05) is 6.92 Å². The fraction of sp³-hybridized carbons (Fsp3) is 0.231. The Morgan fingerprint density at radius 1 is 1.24 bits per heavy atom. The number of fused-ring (bicyclic) bond motifs is 1. The summed E-state index contributed by atoms with van der Waals surface area (Å²) in [5.74, 6) is 1.04. The van der Waals surface area contributed by atoms with Gasteiger partial charge in [-0.2, -0.15) is 0 Å². The molecule has 1 aromatic carbocycles. The molecule has 0 radical (unpaired) electrons. The van der Waals surface area contributed by atoms with Crippen molar-refractivity contribution in [2.75, 3.05) is 4.72 Å². The number of imidazole rings is 1. The van der Waals surface area contributed by atoms with Crippen molar-refractivity contribution in [3.05, 3.63) is 35.5 Å². The van der Waals surface area contributed by atoms with Crippen LogP contribution in [-0.4, -0.2) is 23.5 Å². The molecular weight excluding hydrogens is 292 g/mol. The molecule has 0 saturated carbocycles. The van der Waals surface area contributed by atoms with Crippen molar-refractivity contribution in [3.8, 4) is 0 Å². The minimum Gasteiger partial charge on any atom is -0.360 e. The number of rotatable bonds is 3. The molecule has 2 heterocycles. The zero-order valence-corrected chi connectivity index (χ0v) is 12.6. The molecule has 0 aliphatic heterocycles. The zero-order valence-electron chi connectivity index (χ0n) is 11.8. The molecule has 0 bridgehead atoms. The quantitative estimate of drug-likeness (QED) is 0.773. The van der Waals surface area contributed by atoms with Crippen LogP contribution in [0.1, 0.15) is 17.3 Å². The van der Waals surface area contributed by atoms with Crippen molar-refractivity contribution in [1.29, 1.82) is 0 Å². The minimum absolute atomic E-state index is 0.0726. The number of aromatic nitrogens is 3. The van der Waals surface area contributed by atoms with Crippen LogP contribution in [0.4, 0.5) is 5.69 Å². The number of benzene rings is 1. The van der Waals surface area contributed by atoms with E-state index in [1.165, 1.54) is 0 Å². The lowest BCUT2D eigenvalue weighted by atomic mass is 10.3. The lowest BCUT2D eigenvalue weighted by Crippen LogP contribution is -2.14. The highest BCUT2D eigenvalue weighted by atomic mass is 32.2. The first kappa shape index (κ1) is 13.6. The van der Waals surface area contributed by atoms with Crippen LogP contribution in [0.25, 0.3) is 11.0 Å². The number of nitrogens with zero attached hydrogens (tertiary/aromatic N) is 2. The van der Waals surface area contributed by atoms with Gasteiger partial charge < -0.3 is 9.51 Å². The van der Waals surface area contributed by atoms with Crippen molar-refractivity contribution in [1.82, 2.24) is 15.1 Å². The van der Waals surface area contributed by atoms with Crippen LogP contribution in [0, 0.1) is 20.8 Å². The van der Waals surface area contributed by atoms with Gasteiger partial charge >= 0.3 is 0 Å². The second-order valence-electron chi connectivity index (χ2n) is 4.81. The Bertz CT molecular complexity index is 905. The summed E-state index contributed by atoms with van der Waals surface area (Å²) in [6.45, 7) is 5.00. The van der Waals surface area contributed by atoms with Gasteiger partial charge in [0.15, 0.2) is 10.7 Å². The number of hydrogen-bond donors (Lipinski definition) is 2. The van der Waals surface area contributed by atoms with Crippen molar-refractivity contribution in [2.45, 2.75) is 25.7 Å². The van der Waals surface area contributed by atoms with E-state index in [9.17, 15) is 8.42 Å². The van der Waals surface area contributed by atoms with Crippen molar-refractivity contribution >= 4 is 26.7 Å². The second-order valence-corrected chi connectivity index (χ2v) is 6.43. The molecule has 3 aromatic rings. The molecule has 0 amide bonds. The Kier molecular flexibility index (Phi) is 2.98. The first-order valence-electron chi connectivity index (χ1n) is 6.29. The highest BCUT2D eigenvalue weighted by Gasteiger charge is 2.24. The molecule has 8 heteroatoms. The van der Waals surface area contributed by atoms with Crippen molar-refractivity contribution in [3.63, 3.8) is 0 Å². The van der Waals surface area contributed by atoms with Gasteiger partial charge in [0.1, 0.15) is 11.5 Å². The van der Waals surface area contributed by atoms with Crippen LogP contribution in [0.2, 0.25) is 0 Å². The van der Waals surface area contributed by atoms with E-state index in [-0.39, 0.29) is 10.7 Å². The van der Waals surface area contributed by atoms with Crippen LogP contribution in [0.3, 0.4) is 0 Å². The van der Waals surface area contributed by atoms with Gasteiger partial charge in [0.2, 0.25) is 0 Å². The monoisotopic (exact) mass is 306 g/mol. The molecule has 2 N–H and O–H groups in total. The summed E-state index contributed by atoms with van der Waals surface area (Å²) in [6.07, 6.45) is 0. The maximum Gasteiger partial charge on any atom is 0.267 e. The lowest BCUT2D eigenvalue weighted by Gasteiger charge is -2.07. The van der Waals surface area contributed by atoms with Gasteiger partial charge in [-0.05, 0) is 39.0 Å². The van der Waals surface area contributed by atoms with Gasteiger partial charge in [0, 0.05) is 0 Å². The van der Waals surface area contributed by atoms with Gasteiger partial charge in [0.05, 0.1) is 16.7 Å². The summed E-state index contributed by atoms with van der Waals surface area (Å²) >= 11 is 0. The highest BCUT2D eigenvalue weighted by Crippen LogP contribution is 2.24. The molecule has 0 fully saturated rings. The summed E-state index contributed by atoms with van der Waals surface area (Å²) in [5.41, 5.74) is 2.34. The molecule has 110 valence electrons. The number of anilines is 1. The molecular formula is C13H14N4O3S. The predicted octanol–water partition coefficient (Wildman–Crippen LogP) is 2.28. The summed E-state index contributed by atoms with van der Waals surface area (Å²) in [7, 11) is -3.73. The molecule has 21 heavy (non-hydrogen) atoms. The largest absolute Gasteiger partial charge is 0.360 e. The molecule has 0 aliphatic rings. The van der Waals surface area contributed by atoms with Crippen LogP contribution in [0.5, 0.6) is 0 Å². The van der Waals surface area contributed by atoms with Gasteiger partial charge in [-0.25, -0.2) is 13.4 Å². The van der Waals surface area contributed by atoms with Crippen LogP contribution >= 0.6 is 0 Å². The SMILES string of the molecule is Cc1nc2ccc(NS(=O)(=O)c3c(C)noc3C)cc2[nH]1. The van der Waals surface area contributed by atoms with Crippen molar-refractivity contribution < 1.29 is 12.9 Å². The molecule has 0 spiro atoms. The highest BCUT2D eigenvalue weighted by molar-refractivity contribution is 7.92. The number of H-pyrrole nitrogens is 1. The Hall–Kier alpha value is -2.35. The average Bonchev–Trinajstić information content (AvgIpc) is 2.90. The Morgan fingerprint density at radius 2 is 2.00 bits per heavy atom. The predicted molar refractivity (Wildman–Crippen MR) is 77.6 cm³/mol. The summed E-state index contributed by atoms with van der Waals surface area (Å²) in [5, 5.41) is 3.67. The topological polar surface area (TPSA) is 101 Å². The number of aryl methyl sites for hydroxylation is 3. The van der Waals surface area contributed by atoms with Crippen LogP contribution < -0.4 is 4.72 Å². The van der Waals surface area contributed by atoms with E-state index in [4.69, 9.17) is 4.52 Å². The van der Waals surface area contributed by atoms with E-state index in [0.717, 1.165) is 16.9 Å². The van der Waals surface area contributed by atoms with Gasteiger partial charge in [-0.15, -0.1) is 0 Å². The molecule has 2 aromatic heterocycles. The van der Waals surface area contributed by atoms with E-state index < -0.39 is 10.0 Å². The number of aromatic amines is 1. The molecule has 0 unspecified atom stereocenters. The normalized spacial score (nSPS) is 12.0. The van der Waals surface area contributed by atoms with Gasteiger partial charge in [-0.1, -0.05) is 5.16 Å². The van der Waals surface area contributed by atoms with Gasteiger partial charge in [0.25, 0.3) is 10.0 Å². The number of nitrogens with one attached hydrogen (secondary N) is 2. The number of sulfonamides is 1. The summed E-state index contributed by atoms with van der Waals surface area (Å²) in [4.78, 5) is 7.41. The van der Waals surface area contributed by atoms with E-state index in [1.54, 1.807) is 32.0 Å². The minimum atomic E-state index is -3.73. The Labute approximate surface area is 121 Å². The smallest absolute Gasteiger partial charge is 0.267 e. The third-order valence-electron chi connectivity index (χ3n) is 3.09. The van der Waals surface area contributed by atoms with Crippen LogP contribution in [0.15, 0.2) is 27.6 Å². The molecule has 0 saturated heterocycles. The van der Waals surface area contributed by atoms with E-state index in [2.05, 4.69) is 19.8 Å². The summed E-state index contributed by atoms with van der Waals surface area (Å²) < 4.78 is 32.3. The average molecular weight is 306 g/mol. The first-order chi connectivity index (χ1) is 9.87. The third-order valence-corrected chi connectivity index (χ3v) is 4.71. The van der Waals surface area contributed by atoms with Gasteiger partial charge in [-0.3, -0.25) is 4.72 Å². The molecule has 0 aliphatic carbocycles. The molecule has 0 atom stereocenters. The maximum atomic E-state index is 12.4. The zero-order chi connectivity index (χ0) is 15.2. The fourth-order valence-corrected chi connectivity index (χ4v) is 3.65. The first-order valence-corrected chi connectivity index (χ1v) is 7.77. The van der Waals surface area contributed by atoms with Crippen LogP contribution in [-0.2, 0) is 10.0 Å². The fourth-order valence-electron chi connectivity index (χ4n) is 2.27. The Balaban J connectivity index is 2.01. The maximum absolute atomic E-state index is 12.4. The lowest BCUT2D eigenvalue weighted by molar-refractivity contribution is 0.390. The second kappa shape index (κ2) is 4.59. The summed E-state index contributed by atoms with van der Waals surface area (Å²) in [6, 6.07) is 5.12. The Morgan fingerprint density at radius 3 is 2.67 bits per heavy atom.